The molecule has 0 aromatic rings. The fraction of sp³-hybridized carbons (Fsp3) is 1.00. The molecule has 0 aromatic carbocycles. The summed E-state index contributed by atoms with van der Waals surface area (Å²) in [7, 11) is -2.70. The highest BCUT2D eigenvalue weighted by molar-refractivity contribution is 7.98. The Morgan fingerprint density at radius 2 is 2.33 bits per heavy atom. The molecule has 1 rings (SSSR count). The minimum absolute atomic E-state index is 0.210. The van der Waals surface area contributed by atoms with Crippen molar-refractivity contribution in [2.75, 3.05) is 30.1 Å². The predicted octanol–water partition coefficient (Wildman–Crippen LogP) is 0.126. The van der Waals surface area contributed by atoms with E-state index in [9.17, 15) is 8.42 Å². The molecule has 12 heavy (non-hydrogen) atoms. The van der Waals surface area contributed by atoms with E-state index in [1.165, 1.54) is 0 Å². The summed E-state index contributed by atoms with van der Waals surface area (Å²) in [6.45, 7) is 0.918. The van der Waals surface area contributed by atoms with E-state index in [-0.39, 0.29) is 6.04 Å². The first kappa shape index (κ1) is 10.3. The van der Waals surface area contributed by atoms with Crippen molar-refractivity contribution in [3.8, 4) is 0 Å². The van der Waals surface area contributed by atoms with Crippen molar-refractivity contribution >= 4 is 21.6 Å². The van der Waals surface area contributed by atoms with Gasteiger partial charge in [0, 0.05) is 18.3 Å². The van der Waals surface area contributed by atoms with Crippen LogP contribution < -0.4 is 5.32 Å². The van der Waals surface area contributed by atoms with E-state index in [0.717, 1.165) is 18.7 Å². The SMILES string of the molecule is CSCCNC1CCS(=O)(=O)C1. The van der Waals surface area contributed by atoms with Crippen LogP contribution in [0.5, 0.6) is 0 Å². The van der Waals surface area contributed by atoms with Gasteiger partial charge in [-0.15, -0.1) is 0 Å². The van der Waals surface area contributed by atoms with E-state index in [0.29, 0.717) is 11.5 Å². The molecule has 1 unspecified atom stereocenters. The molecule has 1 aliphatic heterocycles. The summed E-state index contributed by atoms with van der Waals surface area (Å²) < 4.78 is 22.1. The van der Waals surface area contributed by atoms with Gasteiger partial charge in [0.2, 0.25) is 0 Å². The first-order valence-corrected chi connectivity index (χ1v) is 7.28. The van der Waals surface area contributed by atoms with E-state index >= 15 is 0 Å². The van der Waals surface area contributed by atoms with Gasteiger partial charge >= 0.3 is 0 Å². The van der Waals surface area contributed by atoms with Crippen LogP contribution in [-0.4, -0.2) is 44.5 Å². The fourth-order valence-corrected chi connectivity index (χ4v) is 3.35. The van der Waals surface area contributed by atoms with Gasteiger partial charge in [-0.25, -0.2) is 8.42 Å². The van der Waals surface area contributed by atoms with Crippen LogP contribution in [0.4, 0.5) is 0 Å². The van der Waals surface area contributed by atoms with E-state index in [1.807, 2.05) is 6.26 Å². The highest BCUT2D eigenvalue weighted by Crippen LogP contribution is 2.10. The van der Waals surface area contributed by atoms with Gasteiger partial charge in [0.05, 0.1) is 11.5 Å². The van der Waals surface area contributed by atoms with Crippen LogP contribution in [-0.2, 0) is 9.84 Å². The average Bonchev–Trinajstić information content (AvgIpc) is 2.31. The second kappa shape index (κ2) is 4.48. The molecule has 72 valence electrons. The number of thioether (sulfide) groups is 1. The Hall–Kier alpha value is 0.260. The average molecular weight is 209 g/mol. The van der Waals surface area contributed by atoms with Crippen molar-refractivity contribution in [2.24, 2.45) is 0 Å². The lowest BCUT2D eigenvalue weighted by atomic mass is 10.3. The molecule has 0 aromatic heterocycles. The molecule has 5 heteroatoms. The molecule has 0 aliphatic carbocycles. The lowest BCUT2D eigenvalue weighted by Crippen LogP contribution is -2.31. The highest BCUT2D eigenvalue weighted by atomic mass is 32.2. The molecule has 3 nitrogen and oxygen atoms in total. The highest BCUT2D eigenvalue weighted by Gasteiger charge is 2.26. The van der Waals surface area contributed by atoms with E-state index in [2.05, 4.69) is 5.32 Å². The summed E-state index contributed by atoms with van der Waals surface area (Å²) in [5, 5.41) is 3.24. The molecule has 1 N–H and O–H groups in total. The van der Waals surface area contributed by atoms with Gasteiger partial charge < -0.3 is 5.32 Å². The summed E-state index contributed by atoms with van der Waals surface area (Å²) >= 11 is 1.77. The van der Waals surface area contributed by atoms with Crippen LogP contribution in [0.1, 0.15) is 6.42 Å². The molecule has 0 bridgehead atoms. The normalized spacial score (nSPS) is 27.6. The first-order valence-electron chi connectivity index (χ1n) is 4.07. The molecule has 1 saturated heterocycles. The largest absolute Gasteiger partial charge is 0.312 e. The monoisotopic (exact) mass is 209 g/mol. The molecular weight excluding hydrogens is 194 g/mol. The van der Waals surface area contributed by atoms with Crippen LogP contribution in [0.3, 0.4) is 0 Å². The quantitative estimate of drug-likeness (QED) is 0.668. The molecule has 1 fully saturated rings. The van der Waals surface area contributed by atoms with E-state index < -0.39 is 9.84 Å². The van der Waals surface area contributed by atoms with Gasteiger partial charge in [-0.05, 0) is 12.7 Å². The van der Waals surface area contributed by atoms with Gasteiger partial charge in [0.25, 0.3) is 0 Å². The van der Waals surface area contributed by atoms with Crippen LogP contribution in [0.25, 0.3) is 0 Å². The van der Waals surface area contributed by atoms with Crippen molar-refractivity contribution in [3.05, 3.63) is 0 Å². The number of rotatable bonds is 4. The van der Waals surface area contributed by atoms with Crippen molar-refractivity contribution in [2.45, 2.75) is 12.5 Å². The first-order chi connectivity index (χ1) is 5.64. The Morgan fingerprint density at radius 3 is 2.83 bits per heavy atom. The maximum atomic E-state index is 11.0. The van der Waals surface area contributed by atoms with Crippen molar-refractivity contribution in [1.82, 2.24) is 5.32 Å². The number of nitrogens with one attached hydrogen (secondary N) is 1. The van der Waals surface area contributed by atoms with E-state index in [4.69, 9.17) is 0 Å². The number of sulfone groups is 1. The molecule has 0 amide bonds. The molecule has 1 aliphatic rings. The van der Waals surface area contributed by atoms with Crippen molar-refractivity contribution in [3.63, 3.8) is 0 Å². The summed E-state index contributed by atoms with van der Waals surface area (Å²) in [5.74, 6) is 1.75. The van der Waals surface area contributed by atoms with Crippen LogP contribution in [0, 0.1) is 0 Å². The van der Waals surface area contributed by atoms with Crippen molar-refractivity contribution < 1.29 is 8.42 Å². The zero-order chi connectivity index (χ0) is 9.03. The smallest absolute Gasteiger partial charge is 0.151 e. The fourth-order valence-electron chi connectivity index (χ4n) is 1.32. The number of hydrogen-bond donors (Lipinski definition) is 1. The number of hydrogen-bond acceptors (Lipinski definition) is 4. The summed E-state index contributed by atoms with van der Waals surface area (Å²) in [6.07, 6.45) is 2.84. The third-order valence-electron chi connectivity index (χ3n) is 1.97. The maximum Gasteiger partial charge on any atom is 0.151 e. The Kier molecular flexibility index (Phi) is 3.86. The third kappa shape index (κ3) is 3.33. The summed E-state index contributed by atoms with van der Waals surface area (Å²) in [6, 6.07) is 0.210. The Labute approximate surface area is 78.2 Å². The molecule has 0 radical (unpaired) electrons. The van der Waals surface area contributed by atoms with Crippen LogP contribution in [0.2, 0.25) is 0 Å². The third-order valence-corrected chi connectivity index (χ3v) is 4.35. The Bertz CT molecular complexity index is 226. The van der Waals surface area contributed by atoms with Gasteiger partial charge in [-0.1, -0.05) is 0 Å². The zero-order valence-electron chi connectivity index (χ0n) is 7.25. The van der Waals surface area contributed by atoms with Gasteiger partial charge in [-0.2, -0.15) is 11.8 Å². The van der Waals surface area contributed by atoms with Crippen LogP contribution >= 0.6 is 11.8 Å². The molecular formula is C7H15NO2S2. The molecule has 1 atom stereocenters. The lowest BCUT2D eigenvalue weighted by Gasteiger charge is -2.08. The van der Waals surface area contributed by atoms with Gasteiger partial charge in [-0.3, -0.25) is 0 Å². The maximum absolute atomic E-state index is 11.0. The summed E-state index contributed by atoms with van der Waals surface area (Å²) in [5.41, 5.74) is 0. The molecule has 1 heterocycles. The Morgan fingerprint density at radius 1 is 1.58 bits per heavy atom. The molecule has 0 saturated carbocycles. The lowest BCUT2D eigenvalue weighted by molar-refractivity contribution is 0.575. The molecule has 0 spiro atoms. The Balaban J connectivity index is 2.20. The minimum atomic E-state index is -2.70. The van der Waals surface area contributed by atoms with Gasteiger partial charge in [0.15, 0.2) is 9.84 Å². The van der Waals surface area contributed by atoms with Gasteiger partial charge in [0.1, 0.15) is 0 Å². The van der Waals surface area contributed by atoms with E-state index in [1.54, 1.807) is 11.8 Å². The minimum Gasteiger partial charge on any atom is -0.312 e. The second-order valence-corrected chi connectivity index (χ2v) is 6.26. The zero-order valence-corrected chi connectivity index (χ0v) is 8.88. The summed E-state index contributed by atoms with van der Waals surface area (Å²) in [4.78, 5) is 0. The topological polar surface area (TPSA) is 46.2 Å². The second-order valence-electron chi connectivity index (χ2n) is 3.05. The standard InChI is InChI=1S/C7H15NO2S2/c1-11-4-3-8-7-2-5-12(9,10)6-7/h7-8H,2-6H2,1H3. The predicted molar refractivity (Wildman–Crippen MR) is 53.4 cm³/mol. The van der Waals surface area contributed by atoms with Crippen molar-refractivity contribution in [1.29, 1.82) is 0 Å². The van der Waals surface area contributed by atoms with Crippen LogP contribution in [0.15, 0.2) is 0 Å².